The van der Waals surface area contributed by atoms with Gasteiger partial charge in [0.2, 0.25) is 0 Å². The number of hydrogen-bond donors (Lipinski definition) is 0. The van der Waals surface area contributed by atoms with E-state index in [1.807, 2.05) is 0 Å². The molecule has 0 saturated carbocycles. The molecule has 0 saturated heterocycles. The van der Waals surface area contributed by atoms with Crippen molar-refractivity contribution >= 4 is 32.9 Å². The maximum absolute atomic E-state index is 10.7. The summed E-state index contributed by atoms with van der Waals surface area (Å²) in [5, 5.41) is 0. The van der Waals surface area contributed by atoms with Crippen LogP contribution < -0.4 is 29.6 Å². The largest absolute Gasteiger partial charge is 1.00 e. The fraction of sp³-hybridized carbons (Fsp3) is 0. The zero-order valence-electron chi connectivity index (χ0n) is 7.17. The second-order valence-electron chi connectivity index (χ2n) is 2.34. The van der Waals surface area contributed by atoms with Crippen LogP contribution in [0.4, 0.5) is 0 Å². The molecule has 0 amide bonds. The molecule has 0 spiro atoms. The average Bonchev–Trinajstić information content (AvgIpc) is 2.48. The Kier molecular flexibility index (Phi) is 3.62. The molecule has 8 heteroatoms. The van der Waals surface area contributed by atoms with Crippen LogP contribution in [0.2, 0.25) is 0 Å². The summed E-state index contributed by atoms with van der Waals surface area (Å²) >= 11 is 0.880. The van der Waals surface area contributed by atoms with Crippen molar-refractivity contribution in [3.8, 4) is 0 Å². The standard InChI is InChI=1S/C6H4N2O3S2.Na/c9-13(10,11)5-3-1-2-4-6(5)8-12-7-4;/h1-3H,(H,9,10,11);/q;+1/p-1. The fourth-order valence-electron chi connectivity index (χ4n) is 0.983. The van der Waals surface area contributed by atoms with E-state index in [9.17, 15) is 13.0 Å². The van der Waals surface area contributed by atoms with Gasteiger partial charge in [0.05, 0.1) is 16.6 Å². The zero-order chi connectivity index (χ0) is 9.47. The minimum atomic E-state index is -4.45. The van der Waals surface area contributed by atoms with E-state index in [0.717, 1.165) is 11.7 Å². The van der Waals surface area contributed by atoms with Crippen LogP contribution in [-0.2, 0) is 10.1 Å². The fourth-order valence-corrected chi connectivity index (χ4v) is 2.22. The number of nitrogens with zero attached hydrogens (tertiary/aromatic N) is 2. The molecule has 0 N–H and O–H groups in total. The molecule has 68 valence electrons. The molecule has 0 aliphatic carbocycles. The number of benzene rings is 1. The molecule has 14 heavy (non-hydrogen) atoms. The quantitative estimate of drug-likeness (QED) is 0.408. The molecule has 0 radical (unpaired) electrons. The van der Waals surface area contributed by atoms with Gasteiger partial charge in [-0.2, -0.15) is 8.75 Å². The minimum absolute atomic E-state index is 0. The van der Waals surface area contributed by atoms with Gasteiger partial charge in [0.1, 0.15) is 21.2 Å². The monoisotopic (exact) mass is 238 g/mol. The van der Waals surface area contributed by atoms with Crippen molar-refractivity contribution in [3.63, 3.8) is 0 Å². The molecule has 0 atom stereocenters. The molecule has 0 aliphatic rings. The Morgan fingerprint density at radius 3 is 2.64 bits per heavy atom. The second kappa shape index (κ2) is 4.21. The van der Waals surface area contributed by atoms with E-state index in [4.69, 9.17) is 0 Å². The third kappa shape index (κ3) is 2.13. The number of hydrogen-bond acceptors (Lipinski definition) is 6. The summed E-state index contributed by atoms with van der Waals surface area (Å²) in [6.07, 6.45) is 0. The van der Waals surface area contributed by atoms with Gasteiger partial charge in [-0.15, -0.1) is 0 Å². The summed E-state index contributed by atoms with van der Waals surface area (Å²) in [4.78, 5) is -0.307. The Hall–Kier alpha value is -0.0500. The first kappa shape index (κ1) is 12.0. The van der Waals surface area contributed by atoms with Gasteiger partial charge in [-0.05, 0) is 12.1 Å². The van der Waals surface area contributed by atoms with Crippen LogP contribution in [0.1, 0.15) is 0 Å². The predicted molar refractivity (Wildman–Crippen MR) is 45.4 cm³/mol. The molecular weight excluding hydrogens is 235 g/mol. The summed E-state index contributed by atoms with van der Waals surface area (Å²) in [6.45, 7) is 0. The van der Waals surface area contributed by atoms with E-state index in [1.54, 1.807) is 6.07 Å². The first-order chi connectivity index (χ1) is 6.09. The van der Waals surface area contributed by atoms with Gasteiger partial charge in [0.15, 0.2) is 0 Å². The van der Waals surface area contributed by atoms with Crippen molar-refractivity contribution in [2.75, 3.05) is 0 Å². The van der Waals surface area contributed by atoms with Crippen LogP contribution in [0.15, 0.2) is 23.1 Å². The van der Waals surface area contributed by atoms with Gasteiger partial charge in [-0.25, -0.2) is 8.42 Å². The normalized spacial score (nSPS) is 11.2. The van der Waals surface area contributed by atoms with Crippen LogP contribution >= 0.6 is 11.7 Å². The van der Waals surface area contributed by atoms with Crippen LogP contribution in [0.5, 0.6) is 0 Å². The minimum Gasteiger partial charge on any atom is -0.744 e. The van der Waals surface area contributed by atoms with Crippen molar-refractivity contribution < 1.29 is 42.5 Å². The molecule has 0 bridgehead atoms. The van der Waals surface area contributed by atoms with E-state index in [-0.39, 0.29) is 40.0 Å². The number of rotatable bonds is 1. The first-order valence-electron chi connectivity index (χ1n) is 3.26. The van der Waals surface area contributed by atoms with Crippen molar-refractivity contribution in [1.82, 2.24) is 8.75 Å². The first-order valence-corrected chi connectivity index (χ1v) is 5.40. The van der Waals surface area contributed by atoms with Crippen LogP contribution in [0.3, 0.4) is 0 Å². The molecule has 5 nitrogen and oxygen atoms in total. The van der Waals surface area contributed by atoms with E-state index in [2.05, 4.69) is 8.75 Å². The molecule has 1 aromatic carbocycles. The maximum Gasteiger partial charge on any atom is 1.00 e. The molecule has 2 rings (SSSR count). The van der Waals surface area contributed by atoms with Gasteiger partial charge >= 0.3 is 29.6 Å². The third-order valence-corrected chi connectivity index (χ3v) is 2.93. The van der Waals surface area contributed by atoms with Gasteiger partial charge in [-0.3, -0.25) is 0 Å². The second-order valence-corrected chi connectivity index (χ2v) is 4.22. The molecular formula is C6H3N2NaO3S2. The van der Waals surface area contributed by atoms with Gasteiger partial charge in [0, 0.05) is 0 Å². The molecule has 0 aliphatic heterocycles. The average molecular weight is 238 g/mol. The van der Waals surface area contributed by atoms with Gasteiger partial charge in [-0.1, -0.05) is 6.07 Å². The summed E-state index contributed by atoms with van der Waals surface area (Å²) in [5.74, 6) is 0. The smallest absolute Gasteiger partial charge is 0.744 e. The molecule has 2 aromatic rings. The summed E-state index contributed by atoms with van der Waals surface area (Å²) in [6, 6.07) is 4.30. The summed E-state index contributed by atoms with van der Waals surface area (Å²) < 4.78 is 39.7. The number of fused-ring (bicyclic) bond motifs is 1. The van der Waals surface area contributed by atoms with Crippen molar-refractivity contribution in [2.45, 2.75) is 4.90 Å². The summed E-state index contributed by atoms with van der Waals surface area (Å²) in [7, 11) is -4.45. The Labute approximate surface area is 107 Å². The molecule has 1 heterocycles. The molecule has 0 fully saturated rings. The van der Waals surface area contributed by atoms with E-state index >= 15 is 0 Å². The predicted octanol–water partition coefficient (Wildman–Crippen LogP) is -2.40. The number of aromatic nitrogens is 2. The molecule has 0 unspecified atom stereocenters. The topological polar surface area (TPSA) is 83.0 Å². The Balaban J connectivity index is 0.000000980. The third-order valence-electron chi connectivity index (χ3n) is 1.52. The van der Waals surface area contributed by atoms with Crippen molar-refractivity contribution in [3.05, 3.63) is 18.2 Å². The van der Waals surface area contributed by atoms with E-state index in [0.29, 0.717) is 5.52 Å². The van der Waals surface area contributed by atoms with Gasteiger partial charge in [0.25, 0.3) is 0 Å². The van der Waals surface area contributed by atoms with Crippen LogP contribution in [0, 0.1) is 0 Å². The Morgan fingerprint density at radius 1 is 1.29 bits per heavy atom. The summed E-state index contributed by atoms with van der Waals surface area (Å²) in [5.41, 5.74) is 0.587. The van der Waals surface area contributed by atoms with Gasteiger partial charge < -0.3 is 4.55 Å². The van der Waals surface area contributed by atoms with Crippen molar-refractivity contribution in [2.24, 2.45) is 0 Å². The van der Waals surface area contributed by atoms with Crippen molar-refractivity contribution in [1.29, 1.82) is 0 Å². The molecule has 1 aromatic heterocycles. The van der Waals surface area contributed by atoms with E-state index < -0.39 is 10.1 Å². The Bertz CT molecular complexity index is 551. The Morgan fingerprint density at radius 2 is 2.00 bits per heavy atom. The zero-order valence-corrected chi connectivity index (χ0v) is 10.8. The van der Waals surface area contributed by atoms with Crippen LogP contribution in [-0.4, -0.2) is 21.7 Å². The SMILES string of the molecule is O=S(=O)([O-])c1cccc2nsnc12.[Na+]. The van der Waals surface area contributed by atoms with E-state index in [1.165, 1.54) is 12.1 Å². The van der Waals surface area contributed by atoms with Crippen LogP contribution in [0.25, 0.3) is 11.0 Å². The maximum atomic E-state index is 10.7.